The highest BCUT2D eigenvalue weighted by Gasteiger charge is 2.24. The zero-order valence-corrected chi connectivity index (χ0v) is 16.1. The molecular formula is C20H40O4. The molecule has 24 heavy (non-hydrogen) atoms. The molecule has 0 amide bonds. The number of hydrogen-bond acceptors (Lipinski definition) is 3. The van der Waals surface area contributed by atoms with Gasteiger partial charge in [-0.2, -0.15) is 0 Å². The van der Waals surface area contributed by atoms with E-state index in [4.69, 9.17) is 9.84 Å². The maximum atomic E-state index is 10.7. The Labute approximate surface area is 149 Å². The summed E-state index contributed by atoms with van der Waals surface area (Å²) in [6.45, 7) is 6.17. The van der Waals surface area contributed by atoms with Crippen LogP contribution in [-0.2, 0) is 9.53 Å². The number of rotatable bonds is 17. The van der Waals surface area contributed by atoms with Crippen LogP contribution in [0.3, 0.4) is 0 Å². The Morgan fingerprint density at radius 3 is 2.04 bits per heavy atom. The average Bonchev–Trinajstić information content (AvgIpc) is 2.57. The van der Waals surface area contributed by atoms with Crippen LogP contribution in [-0.4, -0.2) is 29.1 Å². The third-order valence-corrected chi connectivity index (χ3v) is 4.78. The van der Waals surface area contributed by atoms with Crippen LogP contribution in [0.2, 0.25) is 0 Å². The highest BCUT2D eigenvalue weighted by Crippen LogP contribution is 2.29. The van der Waals surface area contributed by atoms with Crippen molar-refractivity contribution in [2.75, 3.05) is 6.61 Å². The van der Waals surface area contributed by atoms with E-state index in [2.05, 4.69) is 20.8 Å². The predicted molar refractivity (Wildman–Crippen MR) is 99.0 cm³/mol. The Hall–Kier alpha value is -0.610. The SMILES string of the molecule is CCCCCCC(CCCC)CC(CCCC)C(O)OCC(=O)O. The van der Waals surface area contributed by atoms with Gasteiger partial charge >= 0.3 is 5.97 Å². The summed E-state index contributed by atoms with van der Waals surface area (Å²) in [6.07, 6.45) is 13.0. The number of hydrogen-bond donors (Lipinski definition) is 2. The van der Waals surface area contributed by atoms with E-state index in [1.165, 1.54) is 51.4 Å². The number of unbranched alkanes of at least 4 members (excludes halogenated alkanes) is 5. The molecule has 0 aromatic carbocycles. The quantitative estimate of drug-likeness (QED) is 0.275. The molecule has 0 fully saturated rings. The molecule has 0 aromatic rings. The minimum atomic E-state index is -1.02. The van der Waals surface area contributed by atoms with Crippen LogP contribution in [0.15, 0.2) is 0 Å². The first kappa shape index (κ1) is 23.4. The van der Waals surface area contributed by atoms with E-state index < -0.39 is 18.9 Å². The lowest BCUT2D eigenvalue weighted by atomic mass is 9.84. The number of ether oxygens (including phenoxy) is 1. The van der Waals surface area contributed by atoms with Crippen LogP contribution in [0.5, 0.6) is 0 Å². The fourth-order valence-electron chi connectivity index (χ4n) is 3.30. The van der Waals surface area contributed by atoms with Crippen molar-refractivity contribution in [1.82, 2.24) is 0 Å². The van der Waals surface area contributed by atoms with Gasteiger partial charge < -0.3 is 14.9 Å². The van der Waals surface area contributed by atoms with Gasteiger partial charge in [0.15, 0.2) is 6.29 Å². The number of carbonyl (C=O) groups is 1. The third-order valence-electron chi connectivity index (χ3n) is 4.78. The van der Waals surface area contributed by atoms with E-state index in [1.54, 1.807) is 0 Å². The summed E-state index contributed by atoms with van der Waals surface area (Å²) in [6, 6.07) is 0. The molecule has 3 unspecified atom stereocenters. The van der Waals surface area contributed by atoms with Crippen molar-refractivity contribution in [3.05, 3.63) is 0 Å². The maximum absolute atomic E-state index is 10.7. The van der Waals surface area contributed by atoms with Gasteiger partial charge in [-0.15, -0.1) is 0 Å². The molecule has 0 heterocycles. The molecule has 0 spiro atoms. The Kier molecular flexibility index (Phi) is 15.5. The summed E-state index contributed by atoms with van der Waals surface area (Å²) < 4.78 is 5.17. The van der Waals surface area contributed by atoms with Gasteiger partial charge in [0.25, 0.3) is 0 Å². The highest BCUT2D eigenvalue weighted by molar-refractivity contribution is 5.68. The molecule has 0 rings (SSSR count). The molecule has 0 aliphatic rings. The topological polar surface area (TPSA) is 66.8 Å². The van der Waals surface area contributed by atoms with E-state index in [1.807, 2.05) is 0 Å². The largest absolute Gasteiger partial charge is 0.480 e. The van der Waals surface area contributed by atoms with Crippen LogP contribution >= 0.6 is 0 Å². The highest BCUT2D eigenvalue weighted by atomic mass is 16.6. The number of carboxylic acids is 1. The first-order valence-corrected chi connectivity index (χ1v) is 10.1. The monoisotopic (exact) mass is 344 g/mol. The molecule has 2 N–H and O–H groups in total. The number of aliphatic carboxylic acids is 1. The van der Waals surface area contributed by atoms with Crippen molar-refractivity contribution in [3.63, 3.8) is 0 Å². The van der Waals surface area contributed by atoms with Crippen molar-refractivity contribution in [2.24, 2.45) is 11.8 Å². The van der Waals surface area contributed by atoms with E-state index in [0.717, 1.165) is 25.7 Å². The second-order valence-corrected chi connectivity index (χ2v) is 7.09. The fourth-order valence-corrected chi connectivity index (χ4v) is 3.30. The molecule has 4 nitrogen and oxygen atoms in total. The summed E-state index contributed by atoms with van der Waals surface area (Å²) in [5, 5.41) is 19.0. The molecule has 0 saturated heterocycles. The molecule has 144 valence electrons. The van der Waals surface area contributed by atoms with Crippen LogP contribution in [0.25, 0.3) is 0 Å². The summed E-state index contributed by atoms with van der Waals surface area (Å²) >= 11 is 0. The van der Waals surface area contributed by atoms with Gasteiger partial charge in [0.1, 0.15) is 6.61 Å². The molecule has 0 aliphatic heterocycles. The summed E-state index contributed by atoms with van der Waals surface area (Å²) in [5.41, 5.74) is 0. The zero-order chi connectivity index (χ0) is 18.2. The predicted octanol–water partition coefficient (Wildman–Crippen LogP) is 5.38. The number of aliphatic hydroxyl groups excluding tert-OH is 1. The number of aliphatic hydroxyl groups is 1. The van der Waals surface area contributed by atoms with Crippen molar-refractivity contribution >= 4 is 5.97 Å². The van der Waals surface area contributed by atoms with Crippen molar-refractivity contribution in [1.29, 1.82) is 0 Å². The second-order valence-electron chi connectivity index (χ2n) is 7.09. The van der Waals surface area contributed by atoms with Crippen molar-refractivity contribution in [2.45, 2.75) is 104 Å². The van der Waals surface area contributed by atoms with Gasteiger partial charge in [-0.05, 0) is 18.8 Å². The van der Waals surface area contributed by atoms with E-state index >= 15 is 0 Å². The summed E-state index contributed by atoms with van der Waals surface area (Å²) in [7, 11) is 0. The van der Waals surface area contributed by atoms with Gasteiger partial charge in [-0.25, -0.2) is 4.79 Å². The summed E-state index contributed by atoms with van der Waals surface area (Å²) in [4.78, 5) is 10.7. The Morgan fingerprint density at radius 1 is 0.875 bits per heavy atom. The molecule has 0 bridgehead atoms. The minimum Gasteiger partial charge on any atom is -0.480 e. The standard InChI is InChI=1S/C20H40O4/c1-4-7-10-11-13-17(12-8-5-2)15-18(14-9-6-3)20(23)24-16-19(21)22/h17-18,20,23H,4-16H2,1-3H3,(H,21,22). The normalized spacial score (nSPS) is 15.2. The second kappa shape index (κ2) is 15.9. The number of carboxylic acid groups (broad SMARTS) is 1. The van der Waals surface area contributed by atoms with Gasteiger partial charge in [-0.1, -0.05) is 85.0 Å². The van der Waals surface area contributed by atoms with Crippen molar-refractivity contribution in [3.8, 4) is 0 Å². The average molecular weight is 345 g/mol. The van der Waals surface area contributed by atoms with E-state index in [-0.39, 0.29) is 5.92 Å². The molecule has 3 atom stereocenters. The lowest BCUT2D eigenvalue weighted by molar-refractivity contribution is -0.168. The molecule has 0 aromatic heterocycles. The first-order chi connectivity index (χ1) is 11.5. The molecule has 0 aliphatic carbocycles. The smallest absolute Gasteiger partial charge is 0.329 e. The minimum absolute atomic E-state index is 0.0531. The van der Waals surface area contributed by atoms with Crippen molar-refractivity contribution < 1.29 is 19.7 Å². The van der Waals surface area contributed by atoms with E-state index in [9.17, 15) is 9.90 Å². The zero-order valence-electron chi connectivity index (χ0n) is 16.1. The molecular weight excluding hydrogens is 304 g/mol. The lowest BCUT2D eigenvalue weighted by Crippen LogP contribution is -2.28. The van der Waals surface area contributed by atoms with E-state index in [0.29, 0.717) is 5.92 Å². The maximum Gasteiger partial charge on any atom is 0.329 e. The molecule has 0 radical (unpaired) electrons. The van der Waals surface area contributed by atoms with Gasteiger partial charge in [0.05, 0.1) is 0 Å². The summed E-state index contributed by atoms with van der Waals surface area (Å²) in [5.74, 6) is -0.352. The van der Waals surface area contributed by atoms with Crippen LogP contribution in [0.4, 0.5) is 0 Å². The van der Waals surface area contributed by atoms with Crippen LogP contribution in [0.1, 0.15) is 97.8 Å². The molecule has 4 heteroatoms. The Balaban J connectivity index is 4.56. The molecule has 0 saturated carbocycles. The van der Waals surface area contributed by atoms with Crippen LogP contribution < -0.4 is 0 Å². The van der Waals surface area contributed by atoms with Gasteiger partial charge in [0, 0.05) is 5.92 Å². The van der Waals surface area contributed by atoms with Gasteiger partial charge in [0.2, 0.25) is 0 Å². The van der Waals surface area contributed by atoms with Gasteiger partial charge in [-0.3, -0.25) is 0 Å². The Bertz CT molecular complexity index is 293. The van der Waals surface area contributed by atoms with Crippen LogP contribution in [0, 0.1) is 11.8 Å². The Morgan fingerprint density at radius 2 is 1.46 bits per heavy atom. The fraction of sp³-hybridized carbons (Fsp3) is 0.950. The first-order valence-electron chi connectivity index (χ1n) is 10.1. The lowest BCUT2D eigenvalue weighted by Gasteiger charge is -2.27. The third kappa shape index (κ3) is 12.8.